The summed E-state index contributed by atoms with van der Waals surface area (Å²) in [6, 6.07) is 5.51. The Bertz CT molecular complexity index is 646. The third-order valence-electron chi connectivity index (χ3n) is 3.01. The Morgan fingerprint density at radius 1 is 1.23 bits per heavy atom. The van der Waals surface area contributed by atoms with E-state index >= 15 is 0 Å². The first-order valence-electron chi connectivity index (χ1n) is 6.68. The number of aliphatic carboxylic acids is 1. The van der Waals surface area contributed by atoms with Gasteiger partial charge in [0.1, 0.15) is 5.54 Å². The van der Waals surface area contributed by atoms with Gasteiger partial charge in [0, 0.05) is 6.08 Å². The normalized spacial score (nSPS) is 13.7. The average molecular weight is 303 g/mol. The van der Waals surface area contributed by atoms with E-state index in [2.05, 4.69) is 5.32 Å². The van der Waals surface area contributed by atoms with Crippen LogP contribution in [0.25, 0.3) is 6.08 Å². The number of amides is 1. The molecule has 0 unspecified atom stereocenters. The average Bonchev–Trinajstić information content (AvgIpc) is 2.90. The minimum Gasteiger partial charge on any atom is -0.480 e. The first kappa shape index (κ1) is 15.6. The molecule has 0 radical (unpaired) electrons. The van der Waals surface area contributed by atoms with Crippen molar-refractivity contribution in [1.29, 1.82) is 0 Å². The highest BCUT2D eigenvalue weighted by molar-refractivity contribution is 5.92. The fraction of sp³-hybridized carbons (Fsp3) is 0.250. The number of fused-ring (bicyclic) bond motifs is 1. The van der Waals surface area contributed by atoms with E-state index in [1.165, 1.54) is 26.0 Å². The van der Waals surface area contributed by atoms with Crippen LogP contribution >= 0.6 is 0 Å². The smallest absolute Gasteiger partial charge is 0.328 e. The van der Waals surface area contributed by atoms with Gasteiger partial charge in [-0.1, -0.05) is 24.3 Å². The van der Waals surface area contributed by atoms with Crippen LogP contribution in [0.3, 0.4) is 0 Å². The van der Waals surface area contributed by atoms with Crippen LogP contribution in [0.1, 0.15) is 19.4 Å². The fourth-order valence-corrected chi connectivity index (χ4v) is 1.73. The Morgan fingerprint density at radius 3 is 2.68 bits per heavy atom. The minimum atomic E-state index is -1.30. The number of carboxylic acid groups (broad SMARTS) is 1. The summed E-state index contributed by atoms with van der Waals surface area (Å²) in [4.78, 5) is 22.5. The predicted molar refractivity (Wildman–Crippen MR) is 80.6 cm³/mol. The van der Waals surface area contributed by atoms with Crippen LogP contribution < -0.4 is 14.8 Å². The summed E-state index contributed by atoms with van der Waals surface area (Å²) in [5.74, 6) is -0.164. The van der Waals surface area contributed by atoms with Gasteiger partial charge in [-0.25, -0.2) is 4.79 Å². The highest BCUT2D eigenvalue weighted by Gasteiger charge is 2.27. The van der Waals surface area contributed by atoms with Crippen LogP contribution in [-0.4, -0.2) is 29.3 Å². The molecule has 0 spiro atoms. The fourth-order valence-electron chi connectivity index (χ4n) is 1.73. The molecule has 0 aromatic heterocycles. The summed E-state index contributed by atoms with van der Waals surface area (Å²) in [6.45, 7) is 3.06. The predicted octanol–water partition coefficient (Wildman–Crippen LogP) is 1.96. The van der Waals surface area contributed by atoms with Gasteiger partial charge >= 0.3 is 5.97 Å². The summed E-state index contributed by atoms with van der Waals surface area (Å²) in [5.41, 5.74) is -0.400. The zero-order chi connectivity index (χ0) is 16.2. The van der Waals surface area contributed by atoms with Crippen LogP contribution in [0.15, 0.2) is 36.4 Å². The maximum Gasteiger partial charge on any atom is 0.328 e. The molecule has 22 heavy (non-hydrogen) atoms. The van der Waals surface area contributed by atoms with Crippen molar-refractivity contribution in [2.45, 2.75) is 19.4 Å². The molecule has 0 aliphatic carbocycles. The zero-order valence-corrected chi connectivity index (χ0v) is 12.3. The summed E-state index contributed by atoms with van der Waals surface area (Å²) >= 11 is 0. The Labute approximate surface area is 128 Å². The van der Waals surface area contributed by atoms with E-state index in [9.17, 15) is 9.59 Å². The molecule has 1 heterocycles. The lowest BCUT2D eigenvalue weighted by atomic mass is 10.1. The molecule has 1 aromatic carbocycles. The van der Waals surface area contributed by atoms with Crippen LogP contribution in [0, 0.1) is 0 Å². The summed E-state index contributed by atoms with van der Waals surface area (Å²) < 4.78 is 10.5. The third-order valence-corrected chi connectivity index (χ3v) is 3.01. The number of allylic oxidation sites excluding steroid dienone is 2. The second kappa shape index (κ2) is 6.34. The van der Waals surface area contributed by atoms with Crippen molar-refractivity contribution in [3.8, 4) is 11.5 Å². The van der Waals surface area contributed by atoms with Gasteiger partial charge in [0.05, 0.1) is 0 Å². The van der Waals surface area contributed by atoms with Crippen molar-refractivity contribution in [3.05, 3.63) is 42.0 Å². The Hall–Kier alpha value is -2.76. The minimum absolute atomic E-state index is 0.224. The van der Waals surface area contributed by atoms with Gasteiger partial charge in [0.15, 0.2) is 11.5 Å². The monoisotopic (exact) mass is 303 g/mol. The van der Waals surface area contributed by atoms with Crippen molar-refractivity contribution in [1.82, 2.24) is 5.32 Å². The number of nitrogens with one attached hydrogen (secondary N) is 1. The van der Waals surface area contributed by atoms with Gasteiger partial charge in [-0.05, 0) is 31.5 Å². The lowest BCUT2D eigenvalue weighted by molar-refractivity contribution is -0.145. The number of benzene rings is 1. The summed E-state index contributed by atoms with van der Waals surface area (Å²) in [7, 11) is 0. The molecule has 0 bridgehead atoms. The molecule has 2 rings (SSSR count). The van der Waals surface area contributed by atoms with E-state index in [1.54, 1.807) is 12.2 Å². The number of carbonyl (C=O) groups is 2. The van der Waals surface area contributed by atoms with Crippen LogP contribution in [-0.2, 0) is 9.59 Å². The van der Waals surface area contributed by atoms with Gasteiger partial charge in [-0.3, -0.25) is 4.79 Å². The van der Waals surface area contributed by atoms with Gasteiger partial charge in [0.2, 0.25) is 12.7 Å². The molecule has 0 saturated heterocycles. The topological polar surface area (TPSA) is 84.9 Å². The molecule has 0 atom stereocenters. The summed E-state index contributed by atoms with van der Waals surface area (Å²) in [6.07, 6.45) is 6.30. The number of hydrogen-bond donors (Lipinski definition) is 2. The highest BCUT2D eigenvalue weighted by Crippen LogP contribution is 2.32. The molecule has 116 valence electrons. The molecule has 6 nitrogen and oxygen atoms in total. The molecule has 1 aromatic rings. The largest absolute Gasteiger partial charge is 0.480 e. The number of carboxylic acids is 1. The Kier molecular flexibility index (Phi) is 4.50. The van der Waals surface area contributed by atoms with E-state index in [1.807, 2.05) is 18.2 Å². The van der Waals surface area contributed by atoms with Gasteiger partial charge in [0.25, 0.3) is 0 Å². The van der Waals surface area contributed by atoms with Crippen LogP contribution in [0.5, 0.6) is 11.5 Å². The first-order valence-corrected chi connectivity index (χ1v) is 6.68. The van der Waals surface area contributed by atoms with Crippen LogP contribution in [0.2, 0.25) is 0 Å². The second-order valence-corrected chi connectivity index (χ2v) is 5.25. The first-order chi connectivity index (χ1) is 10.4. The molecule has 0 fully saturated rings. The van der Waals surface area contributed by atoms with E-state index in [4.69, 9.17) is 14.6 Å². The van der Waals surface area contributed by atoms with E-state index in [-0.39, 0.29) is 6.79 Å². The molecule has 1 aliphatic heterocycles. The second-order valence-electron chi connectivity index (χ2n) is 5.25. The number of carbonyl (C=O) groups excluding carboxylic acids is 1. The van der Waals surface area contributed by atoms with Gasteiger partial charge < -0.3 is 19.9 Å². The molecular formula is C16H17NO5. The van der Waals surface area contributed by atoms with E-state index < -0.39 is 17.4 Å². The molecule has 0 saturated carbocycles. The number of ether oxygens (including phenoxy) is 2. The van der Waals surface area contributed by atoms with Gasteiger partial charge in [-0.15, -0.1) is 0 Å². The SMILES string of the molecule is CC(C)(NC(=O)C=CC=Cc1ccc2c(c1)OCO2)C(=O)O. The zero-order valence-electron chi connectivity index (χ0n) is 12.3. The van der Waals surface area contributed by atoms with Crippen LogP contribution in [0.4, 0.5) is 0 Å². The lowest BCUT2D eigenvalue weighted by Gasteiger charge is -2.19. The van der Waals surface area contributed by atoms with E-state index in [0.29, 0.717) is 11.5 Å². The number of hydrogen-bond acceptors (Lipinski definition) is 4. The Balaban J connectivity index is 1.92. The van der Waals surface area contributed by atoms with E-state index in [0.717, 1.165) is 5.56 Å². The van der Waals surface area contributed by atoms with Crippen molar-refractivity contribution in [2.24, 2.45) is 0 Å². The molecule has 1 amide bonds. The van der Waals surface area contributed by atoms with Crippen molar-refractivity contribution < 1.29 is 24.2 Å². The third kappa shape index (κ3) is 3.88. The lowest BCUT2D eigenvalue weighted by Crippen LogP contribution is -2.49. The Morgan fingerprint density at radius 2 is 1.95 bits per heavy atom. The molecule has 6 heteroatoms. The number of rotatable bonds is 5. The maximum atomic E-state index is 11.6. The summed E-state index contributed by atoms with van der Waals surface area (Å²) in [5, 5.41) is 11.3. The molecule has 1 aliphatic rings. The van der Waals surface area contributed by atoms with Crippen molar-refractivity contribution >= 4 is 18.0 Å². The molecule has 2 N–H and O–H groups in total. The van der Waals surface area contributed by atoms with Crippen molar-refractivity contribution in [3.63, 3.8) is 0 Å². The van der Waals surface area contributed by atoms with Gasteiger partial charge in [-0.2, -0.15) is 0 Å². The van der Waals surface area contributed by atoms with Crippen molar-refractivity contribution in [2.75, 3.05) is 6.79 Å². The standard InChI is InChI=1S/C16H17NO5/c1-16(2,15(19)20)17-14(18)6-4-3-5-11-7-8-12-13(9-11)22-10-21-12/h3-9H,10H2,1-2H3,(H,17,18)(H,19,20). The molecular weight excluding hydrogens is 286 g/mol. The highest BCUT2D eigenvalue weighted by atomic mass is 16.7. The maximum absolute atomic E-state index is 11.6. The quantitative estimate of drug-likeness (QED) is 0.641.